The summed E-state index contributed by atoms with van der Waals surface area (Å²) in [4.78, 5) is 27.1. The molecule has 5 aromatic rings. The molecule has 1 aliphatic heterocycles. The number of fused-ring (bicyclic) bond motifs is 1. The van der Waals surface area contributed by atoms with Crippen molar-refractivity contribution in [2.75, 3.05) is 23.3 Å². The van der Waals surface area contributed by atoms with Crippen molar-refractivity contribution in [3.05, 3.63) is 72.6 Å². The Morgan fingerprint density at radius 3 is 2.58 bits per heavy atom. The fraction of sp³-hybridized carbons (Fsp3) is 0.185. The summed E-state index contributed by atoms with van der Waals surface area (Å²) in [5, 5.41) is 12.5. The number of oxazole rings is 1. The van der Waals surface area contributed by atoms with Crippen LogP contribution in [0.5, 0.6) is 0 Å². The molecule has 3 aromatic heterocycles. The van der Waals surface area contributed by atoms with Gasteiger partial charge in [-0.3, -0.25) is 4.79 Å². The average molecular weight is 479 g/mol. The van der Waals surface area contributed by atoms with Gasteiger partial charge < -0.3 is 24.0 Å². The van der Waals surface area contributed by atoms with Crippen molar-refractivity contribution in [3.8, 4) is 29.1 Å². The molecular formula is C27H22N6O3. The van der Waals surface area contributed by atoms with Gasteiger partial charge in [-0.1, -0.05) is 12.1 Å². The normalized spacial score (nSPS) is 14.1. The van der Waals surface area contributed by atoms with Crippen molar-refractivity contribution in [1.82, 2.24) is 15.0 Å². The summed E-state index contributed by atoms with van der Waals surface area (Å²) >= 11 is 0. The van der Waals surface area contributed by atoms with Gasteiger partial charge in [0.05, 0.1) is 17.3 Å². The number of nitrogens with zero attached hydrogens (tertiary/aromatic N) is 4. The van der Waals surface area contributed by atoms with Crippen LogP contribution in [0.4, 0.5) is 11.6 Å². The van der Waals surface area contributed by atoms with Crippen LogP contribution in [0.1, 0.15) is 18.5 Å². The maximum absolute atomic E-state index is 12.9. The van der Waals surface area contributed by atoms with Crippen molar-refractivity contribution in [2.24, 2.45) is 5.92 Å². The molecule has 9 nitrogen and oxygen atoms in total. The molecule has 1 fully saturated rings. The van der Waals surface area contributed by atoms with E-state index in [2.05, 4.69) is 26.3 Å². The number of H-pyrrole nitrogens is 1. The molecule has 1 saturated heterocycles. The van der Waals surface area contributed by atoms with E-state index in [9.17, 15) is 10.1 Å². The minimum absolute atomic E-state index is 0.0134. The molecule has 0 aliphatic carbocycles. The van der Waals surface area contributed by atoms with Crippen molar-refractivity contribution >= 4 is 28.5 Å². The van der Waals surface area contributed by atoms with Crippen LogP contribution < -0.4 is 10.2 Å². The molecule has 1 amide bonds. The third kappa shape index (κ3) is 4.09. The van der Waals surface area contributed by atoms with E-state index >= 15 is 0 Å². The quantitative estimate of drug-likeness (QED) is 0.355. The molecule has 9 heteroatoms. The maximum Gasteiger partial charge on any atom is 0.266 e. The Morgan fingerprint density at radius 2 is 1.86 bits per heavy atom. The van der Waals surface area contributed by atoms with Crippen LogP contribution in [0, 0.1) is 17.2 Å². The van der Waals surface area contributed by atoms with Gasteiger partial charge >= 0.3 is 0 Å². The molecule has 36 heavy (non-hydrogen) atoms. The van der Waals surface area contributed by atoms with Crippen LogP contribution in [-0.2, 0) is 4.79 Å². The molecule has 4 heterocycles. The summed E-state index contributed by atoms with van der Waals surface area (Å²) in [6.45, 7) is 1.18. The Morgan fingerprint density at radius 1 is 1.06 bits per heavy atom. The number of nitrogens with one attached hydrogen (secondary N) is 2. The first kappa shape index (κ1) is 21.7. The van der Waals surface area contributed by atoms with E-state index in [4.69, 9.17) is 8.83 Å². The van der Waals surface area contributed by atoms with E-state index in [1.165, 1.54) is 6.26 Å². The van der Waals surface area contributed by atoms with E-state index < -0.39 is 0 Å². The fourth-order valence-corrected chi connectivity index (χ4v) is 4.49. The van der Waals surface area contributed by atoms with Crippen molar-refractivity contribution in [3.63, 3.8) is 0 Å². The first-order chi connectivity index (χ1) is 17.7. The van der Waals surface area contributed by atoms with Gasteiger partial charge in [-0.15, -0.1) is 0 Å². The molecule has 2 aromatic carbocycles. The van der Waals surface area contributed by atoms with E-state index in [1.807, 2.05) is 53.4 Å². The number of nitriles is 1. The monoisotopic (exact) mass is 478 g/mol. The summed E-state index contributed by atoms with van der Waals surface area (Å²) in [5.74, 6) is 1.82. The number of anilines is 2. The SMILES string of the molecule is N#Cc1nc(-c2ccco2)oc1N1CCC(C(=O)Nc2ccc(-c3nc4ccccc4[nH]3)cc2)CC1. The number of rotatable bonds is 5. The zero-order valence-electron chi connectivity index (χ0n) is 19.3. The molecular weight excluding hydrogens is 456 g/mol. The molecule has 0 unspecified atom stereocenters. The molecule has 0 radical (unpaired) electrons. The third-order valence-corrected chi connectivity index (χ3v) is 6.42. The third-order valence-electron chi connectivity index (χ3n) is 6.42. The minimum atomic E-state index is -0.130. The zero-order valence-corrected chi connectivity index (χ0v) is 19.3. The van der Waals surface area contributed by atoms with Gasteiger partial charge in [-0.25, -0.2) is 4.98 Å². The Bertz CT molecular complexity index is 1520. The molecule has 0 saturated carbocycles. The summed E-state index contributed by atoms with van der Waals surface area (Å²) < 4.78 is 11.2. The van der Waals surface area contributed by atoms with Gasteiger partial charge in [0, 0.05) is 30.3 Å². The topological polar surface area (TPSA) is 124 Å². The van der Waals surface area contributed by atoms with Gasteiger partial charge in [-0.05, 0) is 61.4 Å². The van der Waals surface area contributed by atoms with Crippen molar-refractivity contribution in [2.45, 2.75) is 12.8 Å². The minimum Gasteiger partial charge on any atom is -0.459 e. The summed E-state index contributed by atoms with van der Waals surface area (Å²) in [5.41, 5.74) is 3.81. The highest BCUT2D eigenvalue weighted by Gasteiger charge is 2.29. The number of aromatic amines is 1. The van der Waals surface area contributed by atoms with E-state index in [0.29, 0.717) is 37.6 Å². The number of carbonyl (C=O) groups is 1. The Labute approximate surface area is 206 Å². The maximum atomic E-state index is 12.9. The first-order valence-corrected chi connectivity index (χ1v) is 11.7. The highest BCUT2D eigenvalue weighted by molar-refractivity contribution is 5.93. The molecule has 1 aliphatic rings. The fourth-order valence-electron chi connectivity index (χ4n) is 4.49. The summed E-state index contributed by atoms with van der Waals surface area (Å²) in [7, 11) is 0. The van der Waals surface area contributed by atoms with E-state index in [0.717, 1.165) is 28.1 Å². The lowest BCUT2D eigenvalue weighted by molar-refractivity contribution is -0.120. The predicted octanol–water partition coefficient (Wildman–Crippen LogP) is 5.20. The molecule has 0 spiro atoms. The molecule has 0 bridgehead atoms. The standard InChI is InChI=1S/C27H22N6O3/c28-16-22-27(36-26(32-22)23-6-3-15-35-23)33-13-11-18(12-14-33)25(34)29-19-9-7-17(8-10-19)24-30-20-4-1-2-5-21(20)31-24/h1-10,15,18H,11-14H2,(H,29,34)(H,30,31). The van der Waals surface area contributed by atoms with Crippen molar-refractivity contribution < 1.29 is 13.6 Å². The van der Waals surface area contributed by atoms with Gasteiger partial charge in [0.2, 0.25) is 17.5 Å². The lowest BCUT2D eigenvalue weighted by Crippen LogP contribution is -2.38. The lowest BCUT2D eigenvalue weighted by Gasteiger charge is -2.30. The summed E-state index contributed by atoms with van der Waals surface area (Å²) in [6, 6.07) is 21.1. The number of aromatic nitrogens is 3. The van der Waals surface area contributed by atoms with Gasteiger partial charge in [0.15, 0.2) is 5.76 Å². The van der Waals surface area contributed by atoms with Crippen LogP contribution in [0.15, 0.2) is 75.8 Å². The number of hydrogen-bond donors (Lipinski definition) is 2. The molecule has 6 rings (SSSR count). The highest BCUT2D eigenvalue weighted by atomic mass is 16.4. The highest BCUT2D eigenvalue weighted by Crippen LogP contribution is 2.31. The van der Waals surface area contributed by atoms with Gasteiger partial charge in [-0.2, -0.15) is 10.2 Å². The number of piperidine rings is 1. The average Bonchev–Trinajstić information content (AvgIpc) is 3.68. The van der Waals surface area contributed by atoms with Gasteiger partial charge in [0.25, 0.3) is 5.89 Å². The Balaban J connectivity index is 1.08. The Hall–Kier alpha value is -4.84. The number of carbonyl (C=O) groups excluding carboxylic acids is 1. The van der Waals surface area contributed by atoms with Crippen LogP contribution >= 0.6 is 0 Å². The van der Waals surface area contributed by atoms with Gasteiger partial charge in [0.1, 0.15) is 11.9 Å². The van der Waals surface area contributed by atoms with Crippen LogP contribution in [0.25, 0.3) is 34.1 Å². The molecule has 2 N–H and O–H groups in total. The number of amides is 1. The second-order valence-electron chi connectivity index (χ2n) is 8.69. The number of hydrogen-bond acceptors (Lipinski definition) is 7. The largest absolute Gasteiger partial charge is 0.459 e. The van der Waals surface area contributed by atoms with Crippen LogP contribution in [0.2, 0.25) is 0 Å². The van der Waals surface area contributed by atoms with Crippen LogP contribution in [-0.4, -0.2) is 33.9 Å². The van der Waals surface area contributed by atoms with Crippen molar-refractivity contribution in [1.29, 1.82) is 5.26 Å². The zero-order chi connectivity index (χ0) is 24.5. The number of para-hydroxylation sites is 2. The van der Waals surface area contributed by atoms with E-state index in [-0.39, 0.29) is 23.4 Å². The first-order valence-electron chi connectivity index (χ1n) is 11.7. The second-order valence-corrected chi connectivity index (χ2v) is 8.69. The number of benzene rings is 2. The second kappa shape index (κ2) is 9.07. The van der Waals surface area contributed by atoms with E-state index in [1.54, 1.807) is 12.1 Å². The van der Waals surface area contributed by atoms with Crippen LogP contribution in [0.3, 0.4) is 0 Å². The Kier molecular flexibility index (Phi) is 5.46. The summed E-state index contributed by atoms with van der Waals surface area (Å²) in [6.07, 6.45) is 2.82. The molecule has 0 atom stereocenters. The lowest BCUT2D eigenvalue weighted by atomic mass is 9.95. The number of imidazole rings is 1. The molecule has 178 valence electrons. The predicted molar refractivity (Wildman–Crippen MR) is 134 cm³/mol. The number of furan rings is 1. The smallest absolute Gasteiger partial charge is 0.266 e.